The molecule has 0 bridgehead atoms. The molecule has 2 aliphatic rings. The molecule has 37 heavy (non-hydrogen) atoms. The van der Waals surface area contributed by atoms with E-state index >= 15 is 0 Å². The summed E-state index contributed by atoms with van der Waals surface area (Å²) in [5.41, 5.74) is 2.51. The number of β-amino-alcohol motifs (C(OH)–C–C–N with tert-alkyl or cyclic N) is 1. The van der Waals surface area contributed by atoms with Gasteiger partial charge in [0.2, 0.25) is 0 Å². The van der Waals surface area contributed by atoms with E-state index < -0.39 is 11.7 Å². The Hall–Kier alpha value is -3.24. The highest BCUT2D eigenvalue weighted by Gasteiger charge is 2.34. The maximum atomic E-state index is 12.5. The zero-order valence-corrected chi connectivity index (χ0v) is 22.3. The van der Waals surface area contributed by atoms with Crippen molar-refractivity contribution in [1.29, 1.82) is 0 Å². The van der Waals surface area contributed by atoms with Crippen molar-refractivity contribution in [2.24, 2.45) is 0 Å². The number of amides is 1. The number of hydrogen-bond acceptors (Lipinski definition) is 8. The quantitative estimate of drug-likeness (QED) is 0.574. The molecular weight excluding hydrogens is 472 g/mol. The number of carbonyl (C=O) groups excluding carboxylic acids is 1. The number of piperidine rings is 1. The zero-order valence-electron chi connectivity index (χ0n) is 22.3. The number of aliphatic hydroxyl groups is 1. The molecule has 3 aromatic rings. The van der Waals surface area contributed by atoms with Gasteiger partial charge in [-0.1, -0.05) is 0 Å². The summed E-state index contributed by atoms with van der Waals surface area (Å²) in [4.78, 5) is 25.7. The lowest BCUT2D eigenvalue weighted by atomic mass is 9.84. The minimum absolute atomic E-state index is 0.0949. The first kappa shape index (κ1) is 25.4. The number of carbonyl (C=O) groups is 1. The summed E-state index contributed by atoms with van der Waals surface area (Å²) >= 11 is 0. The van der Waals surface area contributed by atoms with E-state index in [-0.39, 0.29) is 18.6 Å². The molecule has 2 atom stereocenters. The molecule has 4 heterocycles. The second-order valence-electron chi connectivity index (χ2n) is 10.9. The average Bonchev–Trinajstić information content (AvgIpc) is 3.25. The smallest absolute Gasteiger partial charge is 0.410 e. The topological polar surface area (TPSA) is 106 Å². The van der Waals surface area contributed by atoms with Gasteiger partial charge < -0.3 is 24.4 Å². The molecule has 10 nitrogen and oxygen atoms in total. The van der Waals surface area contributed by atoms with Gasteiger partial charge in [0.15, 0.2) is 5.82 Å². The number of nitrogens with zero attached hydrogens (tertiary/aromatic N) is 6. The maximum Gasteiger partial charge on any atom is 0.410 e. The summed E-state index contributed by atoms with van der Waals surface area (Å²) in [5.74, 6) is 2.16. The van der Waals surface area contributed by atoms with Crippen molar-refractivity contribution in [3.05, 3.63) is 41.3 Å². The average molecular weight is 509 g/mol. The van der Waals surface area contributed by atoms with Crippen LogP contribution >= 0.6 is 0 Å². The van der Waals surface area contributed by atoms with Crippen LogP contribution in [0.3, 0.4) is 0 Å². The van der Waals surface area contributed by atoms with Crippen LogP contribution in [0.25, 0.3) is 16.7 Å². The summed E-state index contributed by atoms with van der Waals surface area (Å²) in [5, 5.41) is 16.7. The fourth-order valence-corrected chi connectivity index (χ4v) is 5.17. The molecule has 0 radical (unpaired) electrons. The lowest BCUT2D eigenvalue weighted by Crippen LogP contribution is -2.47. The SMILES string of the molecule is Cc1nc(N2CCOCC2)cc(-n2ncc3cc(C)c([C@@H]4CCN(C(=O)OC(C)(C)C)C[C@H]4O)cc32)n1. The van der Waals surface area contributed by atoms with Gasteiger partial charge in [0.25, 0.3) is 0 Å². The zero-order chi connectivity index (χ0) is 26.3. The molecule has 2 aliphatic heterocycles. The lowest BCUT2D eigenvalue weighted by molar-refractivity contribution is -0.00155. The van der Waals surface area contributed by atoms with Crippen molar-refractivity contribution in [2.75, 3.05) is 44.3 Å². The van der Waals surface area contributed by atoms with E-state index in [1.54, 1.807) is 4.90 Å². The fourth-order valence-electron chi connectivity index (χ4n) is 5.17. The third kappa shape index (κ3) is 5.40. The van der Waals surface area contributed by atoms with Gasteiger partial charge in [0.05, 0.1) is 37.6 Å². The van der Waals surface area contributed by atoms with Crippen molar-refractivity contribution in [1.82, 2.24) is 24.6 Å². The summed E-state index contributed by atoms with van der Waals surface area (Å²) in [6.07, 6.45) is 1.42. The van der Waals surface area contributed by atoms with Gasteiger partial charge in [-0.15, -0.1) is 0 Å². The number of morpholine rings is 1. The lowest BCUT2D eigenvalue weighted by Gasteiger charge is -2.37. The van der Waals surface area contributed by atoms with E-state index in [0.29, 0.717) is 37.8 Å². The predicted octanol–water partition coefficient (Wildman–Crippen LogP) is 3.35. The number of hydrogen-bond donors (Lipinski definition) is 1. The number of fused-ring (bicyclic) bond motifs is 1. The maximum absolute atomic E-state index is 12.5. The molecule has 0 aliphatic carbocycles. The van der Waals surface area contributed by atoms with E-state index in [9.17, 15) is 9.90 Å². The Morgan fingerprint density at radius 3 is 2.51 bits per heavy atom. The number of aliphatic hydroxyl groups excluding tert-OH is 1. The number of rotatable bonds is 3. The van der Waals surface area contributed by atoms with Crippen LogP contribution in [0.5, 0.6) is 0 Å². The van der Waals surface area contributed by atoms with Crippen LogP contribution < -0.4 is 4.90 Å². The predicted molar refractivity (Wildman–Crippen MR) is 140 cm³/mol. The fraction of sp³-hybridized carbons (Fsp3) is 0.556. The molecule has 1 amide bonds. The van der Waals surface area contributed by atoms with Crippen LogP contribution in [0, 0.1) is 13.8 Å². The minimum Gasteiger partial charge on any atom is -0.444 e. The van der Waals surface area contributed by atoms with Crippen LogP contribution in [0.1, 0.15) is 50.1 Å². The molecule has 0 unspecified atom stereocenters. The number of anilines is 1. The van der Waals surface area contributed by atoms with Gasteiger partial charge >= 0.3 is 6.09 Å². The van der Waals surface area contributed by atoms with Crippen LogP contribution in [-0.2, 0) is 9.47 Å². The molecule has 2 saturated heterocycles. The standard InChI is InChI=1S/C27H36N6O4/c1-17-12-19-15-28-33(25-14-24(29-18(2)30-25)31-8-10-36-11-9-31)22(19)13-21(17)20-6-7-32(16-23(20)34)26(35)37-27(3,4)5/h12-15,20,23,34H,6-11,16H2,1-5H3/t20-,23+/m0/s1. The second kappa shape index (κ2) is 9.90. The second-order valence-corrected chi connectivity index (χ2v) is 10.9. The third-order valence-electron chi connectivity index (χ3n) is 6.95. The first-order valence-electron chi connectivity index (χ1n) is 12.9. The molecule has 2 fully saturated rings. The molecule has 1 N–H and O–H groups in total. The van der Waals surface area contributed by atoms with E-state index in [1.165, 1.54) is 0 Å². The summed E-state index contributed by atoms with van der Waals surface area (Å²) in [7, 11) is 0. The van der Waals surface area contributed by atoms with E-state index in [0.717, 1.165) is 40.9 Å². The van der Waals surface area contributed by atoms with Crippen molar-refractivity contribution >= 4 is 22.8 Å². The Labute approximate surface area is 217 Å². The highest BCUT2D eigenvalue weighted by atomic mass is 16.6. The van der Waals surface area contributed by atoms with Crippen molar-refractivity contribution < 1.29 is 19.4 Å². The Kier molecular flexibility index (Phi) is 6.80. The van der Waals surface area contributed by atoms with E-state index in [2.05, 4.69) is 39.0 Å². The molecule has 0 saturated carbocycles. The number of aryl methyl sites for hydroxylation is 2. The Balaban J connectivity index is 1.43. The first-order valence-corrected chi connectivity index (χ1v) is 12.9. The van der Waals surface area contributed by atoms with Crippen LogP contribution in [-0.4, -0.2) is 86.9 Å². The number of benzene rings is 1. The van der Waals surface area contributed by atoms with Crippen LogP contribution in [0.4, 0.5) is 10.6 Å². The van der Waals surface area contributed by atoms with E-state index in [1.807, 2.05) is 44.6 Å². The van der Waals surface area contributed by atoms with Gasteiger partial charge in [-0.25, -0.2) is 19.4 Å². The molecule has 5 rings (SSSR count). The van der Waals surface area contributed by atoms with E-state index in [4.69, 9.17) is 9.47 Å². The van der Waals surface area contributed by atoms with Gasteiger partial charge in [-0.2, -0.15) is 5.10 Å². The first-order chi connectivity index (χ1) is 17.6. The molecule has 10 heteroatoms. The summed E-state index contributed by atoms with van der Waals surface area (Å²) in [6.45, 7) is 13.2. The minimum atomic E-state index is -0.692. The summed E-state index contributed by atoms with van der Waals surface area (Å²) in [6, 6.07) is 6.19. The number of ether oxygens (including phenoxy) is 2. The molecular formula is C27H36N6O4. The van der Waals surface area contributed by atoms with Crippen molar-refractivity contribution in [3.63, 3.8) is 0 Å². The monoisotopic (exact) mass is 508 g/mol. The number of likely N-dealkylation sites (tertiary alicyclic amines) is 1. The largest absolute Gasteiger partial charge is 0.444 e. The van der Waals surface area contributed by atoms with Gasteiger partial charge in [0.1, 0.15) is 17.2 Å². The Morgan fingerprint density at radius 2 is 1.81 bits per heavy atom. The third-order valence-corrected chi connectivity index (χ3v) is 6.95. The normalized spacial score (nSPS) is 20.9. The van der Waals surface area contributed by atoms with Crippen LogP contribution in [0.15, 0.2) is 24.4 Å². The molecule has 2 aromatic heterocycles. The Bertz CT molecular complexity index is 1290. The van der Waals surface area contributed by atoms with Crippen molar-refractivity contribution in [2.45, 2.75) is 58.7 Å². The molecule has 0 spiro atoms. The van der Waals surface area contributed by atoms with Crippen molar-refractivity contribution in [3.8, 4) is 5.82 Å². The van der Waals surface area contributed by atoms with Crippen LogP contribution in [0.2, 0.25) is 0 Å². The molecule has 1 aromatic carbocycles. The molecule has 198 valence electrons. The Morgan fingerprint density at radius 1 is 1.08 bits per heavy atom. The highest BCUT2D eigenvalue weighted by molar-refractivity contribution is 5.82. The number of aromatic nitrogens is 4. The van der Waals surface area contributed by atoms with Gasteiger partial charge in [-0.3, -0.25) is 0 Å². The van der Waals surface area contributed by atoms with Gasteiger partial charge in [0, 0.05) is 37.0 Å². The van der Waals surface area contributed by atoms with Gasteiger partial charge in [-0.05, 0) is 64.3 Å². The summed E-state index contributed by atoms with van der Waals surface area (Å²) < 4.78 is 12.8. The highest BCUT2D eigenvalue weighted by Crippen LogP contribution is 2.34.